The van der Waals surface area contributed by atoms with Crippen LogP contribution in [0.4, 0.5) is 10.1 Å². The number of nitrogens with zero attached hydrogens (tertiary/aromatic N) is 1. The van der Waals surface area contributed by atoms with Crippen LogP contribution >= 0.6 is 0 Å². The van der Waals surface area contributed by atoms with Gasteiger partial charge in [-0.05, 0) is 42.8 Å². The van der Waals surface area contributed by atoms with Crippen LogP contribution in [0.25, 0.3) is 0 Å². The molecule has 0 unspecified atom stereocenters. The Hall–Kier alpha value is -2.12. The molecule has 2 rings (SSSR count). The van der Waals surface area contributed by atoms with Gasteiger partial charge in [-0.1, -0.05) is 25.1 Å². The number of hydrogen-bond donors (Lipinski definition) is 1. The third kappa shape index (κ3) is 5.72. The molecule has 0 saturated carbocycles. The highest BCUT2D eigenvalue weighted by Gasteiger charge is 2.24. The second kappa shape index (κ2) is 8.82. The third-order valence-electron chi connectivity index (χ3n) is 3.65. The summed E-state index contributed by atoms with van der Waals surface area (Å²) >= 11 is 0. The monoisotopic (exact) mass is 367 g/mol. The molecule has 0 aromatic heterocycles. The largest absolute Gasteiger partial charge is 0.492 e. The maximum Gasteiger partial charge on any atom is 0.238 e. The zero-order valence-electron chi connectivity index (χ0n) is 14.0. The van der Waals surface area contributed by atoms with Crippen molar-refractivity contribution in [3.63, 3.8) is 0 Å². The van der Waals surface area contributed by atoms with E-state index in [1.165, 1.54) is 28.6 Å². The SMILES string of the molecule is CC[C@H](O)CN(c1ccccc1)S(=O)(=O)CCOc1ccc(F)cc1. The summed E-state index contributed by atoms with van der Waals surface area (Å²) in [7, 11) is -3.68. The van der Waals surface area contributed by atoms with E-state index in [-0.39, 0.29) is 24.7 Å². The minimum absolute atomic E-state index is 0.0145. The molecular formula is C18H22FNO4S. The van der Waals surface area contributed by atoms with E-state index in [1.807, 2.05) is 0 Å². The lowest BCUT2D eigenvalue weighted by molar-refractivity contribution is 0.179. The molecule has 1 N–H and O–H groups in total. The van der Waals surface area contributed by atoms with E-state index in [9.17, 15) is 17.9 Å². The molecule has 0 fully saturated rings. The second-order valence-electron chi connectivity index (χ2n) is 5.55. The van der Waals surface area contributed by atoms with Crippen molar-refractivity contribution in [3.05, 3.63) is 60.4 Å². The van der Waals surface area contributed by atoms with Gasteiger partial charge in [-0.15, -0.1) is 0 Å². The fourth-order valence-electron chi connectivity index (χ4n) is 2.20. The van der Waals surface area contributed by atoms with E-state index >= 15 is 0 Å². The third-order valence-corrected chi connectivity index (χ3v) is 5.37. The van der Waals surface area contributed by atoms with Crippen LogP contribution < -0.4 is 9.04 Å². The molecule has 0 aliphatic rings. The highest BCUT2D eigenvalue weighted by molar-refractivity contribution is 7.92. The Morgan fingerprint density at radius 2 is 1.76 bits per heavy atom. The quantitative estimate of drug-likeness (QED) is 0.740. The van der Waals surface area contributed by atoms with Gasteiger partial charge < -0.3 is 9.84 Å². The summed E-state index contributed by atoms with van der Waals surface area (Å²) in [5, 5.41) is 9.91. The average Bonchev–Trinajstić information content (AvgIpc) is 2.61. The van der Waals surface area contributed by atoms with Crippen LogP contribution in [-0.2, 0) is 10.0 Å². The summed E-state index contributed by atoms with van der Waals surface area (Å²) in [6.07, 6.45) is -0.307. The highest BCUT2D eigenvalue weighted by atomic mass is 32.2. The zero-order valence-corrected chi connectivity index (χ0v) is 14.8. The number of anilines is 1. The molecule has 0 aliphatic carbocycles. The first-order chi connectivity index (χ1) is 11.9. The van der Waals surface area contributed by atoms with Gasteiger partial charge >= 0.3 is 0 Å². The first-order valence-electron chi connectivity index (χ1n) is 8.04. The fraction of sp³-hybridized carbons (Fsp3) is 0.333. The first-order valence-corrected chi connectivity index (χ1v) is 9.65. The molecule has 7 heteroatoms. The summed E-state index contributed by atoms with van der Waals surface area (Å²) in [4.78, 5) is 0. The van der Waals surface area contributed by atoms with E-state index in [0.29, 0.717) is 17.9 Å². The Balaban J connectivity index is 2.07. The molecule has 5 nitrogen and oxygen atoms in total. The van der Waals surface area contributed by atoms with Crippen LogP contribution in [-0.4, -0.2) is 38.5 Å². The molecule has 2 aromatic carbocycles. The minimum atomic E-state index is -3.68. The van der Waals surface area contributed by atoms with Crippen molar-refractivity contribution >= 4 is 15.7 Å². The number of ether oxygens (including phenoxy) is 1. The number of sulfonamides is 1. The van der Waals surface area contributed by atoms with Gasteiger partial charge in [0.15, 0.2) is 0 Å². The Morgan fingerprint density at radius 3 is 2.36 bits per heavy atom. The van der Waals surface area contributed by atoms with Gasteiger partial charge in [0.05, 0.1) is 18.3 Å². The predicted octanol–water partition coefficient (Wildman–Crippen LogP) is 2.81. The van der Waals surface area contributed by atoms with Gasteiger partial charge in [-0.25, -0.2) is 12.8 Å². The molecule has 0 amide bonds. The van der Waals surface area contributed by atoms with Crippen LogP contribution in [0.5, 0.6) is 5.75 Å². The van der Waals surface area contributed by atoms with Crippen LogP contribution in [0.15, 0.2) is 54.6 Å². The molecule has 25 heavy (non-hydrogen) atoms. The summed E-state index contributed by atoms with van der Waals surface area (Å²) < 4.78 is 44.9. The number of para-hydroxylation sites is 1. The van der Waals surface area contributed by atoms with Crippen molar-refractivity contribution < 1.29 is 22.7 Å². The maximum atomic E-state index is 12.9. The number of aliphatic hydroxyl groups is 1. The predicted molar refractivity (Wildman–Crippen MR) is 95.8 cm³/mol. The number of rotatable bonds is 9. The molecule has 136 valence electrons. The van der Waals surface area contributed by atoms with Crippen LogP contribution in [0.1, 0.15) is 13.3 Å². The van der Waals surface area contributed by atoms with Crippen molar-refractivity contribution in [2.45, 2.75) is 19.4 Å². The standard InChI is InChI=1S/C18H22FNO4S/c1-2-17(21)14-20(16-6-4-3-5-7-16)25(22,23)13-12-24-18-10-8-15(19)9-11-18/h3-11,17,21H,2,12-14H2,1H3/t17-/m0/s1. The van der Waals surface area contributed by atoms with Gasteiger partial charge in [0, 0.05) is 0 Å². The van der Waals surface area contributed by atoms with E-state index in [2.05, 4.69) is 0 Å². The van der Waals surface area contributed by atoms with Crippen LogP contribution in [0.3, 0.4) is 0 Å². The molecule has 2 aromatic rings. The number of aliphatic hydroxyl groups excluding tert-OH is 1. The number of hydrogen-bond acceptors (Lipinski definition) is 4. The maximum absolute atomic E-state index is 12.9. The summed E-state index contributed by atoms with van der Waals surface area (Å²) in [5.41, 5.74) is 0.497. The molecule has 0 spiro atoms. The topological polar surface area (TPSA) is 66.8 Å². The van der Waals surface area contributed by atoms with Crippen molar-refractivity contribution in [3.8, 4) is 5.75 Å². The Morgan fingerprint density at radius 1 is 1.12 bits per heavy atom. The fourth-order valence-corrected chi connectivity index (χ4v) is 3.56. The van der Waals surface area contributed by atoms with E-state index in [4.69, 9.17) is 4.74 Å². The average molecular weight is 367 g/mol. The highest BCUT2D eigenvalue weighted by Crippen LogP contribution is 2.19. The van der Waals surface area contributed by atoms with Crippen LogP contribution in [0.2, 0.25) is 0 Å². The molecule has 0 aliphatic heterocycles. The smallest absolute Gasteiger partial charge is 0.238 e. The lowest BCUT2D eigenvalue weighted by Gasteiger charge is -2.26. The Labute approximate surface area is 147 Å². The number of benzene rings is 2. The normalized spacial score (nSPS) is 12.6. The van der Waals surface area contributed by atoms with Crippen molar-refractivity contribution in [2.24, 2.45) is 0 Å². The van der Waals surface area contributed by atoms with Crippen molar-refractivity contribution in [1.82, 2.24) is 0 Å². The minimum Gasteiger partial charge on any atom is -0.492 e. The lowest BCUT2D eigenvalue weighted by Crippen LogP contribution is -2.40. The first kappa shape index (κ1) is 19.2. The molecule has 0 radical (unpaired) electrons. The van der Waals surface area contributed by atoms with Crippen LogP contribution in [0, 0.1) is 5.82 Å². The molecular weight excluding hydrogens is 345 g/mol. The van der Waals surface area contributed by atoms with Crippen molar-refractivity contribution in [2.75, 3.05) is 23.2 Å². The van der Waals surface area contributed by atoms with Gasteiger partial charge in [0.25, 0.3) is 0 Å². The van der Waals surface area contributed by atoms with Gasteiger partial charge in [-0.3, -0.25) is 4.31 Å². The van der Waals surface area contributed by atoms with Crippen molar-refractivity contribution in [1.29, 1.82) is 0 Å². The van der Waals surface area contributed by atoms with Gasteiger partial charge in [0.2, 0.25) is 10.0 Å². The molecule has 0 bridgehead atoms. The summed E-state index contributed by atoms with van der Waals surface area (Å²) in [5.74, 6) is -0.240. The molecule has 0 heterocycles. The summed E-state index contributed by atoms with van der Waals surface area (Å²) in [6, 6.07) is 14.0. The number of halogens is 1. The Bertz CT molecular complexity index is 750. The van der Waals surface area contributed by atoms with E-state index in [1.54, 1.807) is 37.3 Å². The van der Waals surface area contributed by atoms with Gasteiger partial charge in [-0.2, -0.15) is 0 Å². The molecule has 0 saturated heterocycles. The second-order valence-corrected chi connectivity index (χ2v) is 7.56. The van der Waals surface area contributed by atoms with Gasteiger partial charge in [0.1, 0.15) is 23.9 Å². The summed E-state index contributed by atoms with van der Waals surface area (Å²) in [6.45, 7) is 1.71. The van der Waals surface area contributed by atoms with E-state index in [0.717, 1.165) is 0 Å². The van der Waals surface area contributed by atoms with E-state index < -0.39 is 16.1 Å². The zero-order chi connectivity index (χ0) is 18.3. The Kier molecular flexibility index (Phi) is 6.78. The lowest BCUT2D eigenvalue weighted by atomic mass is 10.2. The molecule has 1 atom stereocenters.